The number of carbonyl (C=O) groups is 1. The maximum absolute atomic E-state index is 10.8. The number of hydrogen-bond donors (Lipinski definition) is 2. The number of benzene rings is 1. The van der Waals surface area contributed by atoms with Gasteiger partial charge in [-0.05, 0) is 0 Å². The van der Waals surface area contributed by atoms with Gasteiger partial charge in [0.2, 0.25) is 0 Å². The van der Waals surface area contributed by atoms with E-state index < -0.39 is 5.72 Å². The van der Waals surface area contributed by atoms with Gasteiger partial charge in [-0.15, -0.1) is 12.4 Å². The van der Waals surface area contributed by atoms with Crippen molar-refractivity contribution in [3.8, 4) is 0 Å². The summed E-state index contributed by atoms with van der Waals surface area (Å²) in [6, 6.07) is 6.96. The third-order valence-corrected chi connectivity index (χ3v) is 2.51. The van der Waals surface area contributed by atoms with Gasteiger partial charge in [-0.25, -0.2) is 0 Å². The van der Waals surface area contributed by atoms with Gasteiger partial charge in [0.05, 0.1) is 13.2 Å². The number of morpholine rings is 1. The highest BCUT2D eigenvalue weighted by Gasteiger charge is 2.33. The van der Waals surface area contributed by atoms with Crippen molar-refractivity contribution in [1.29, 1.82) is 0 Å². The smallest absolute Gasteiger partial charge is 0.166 e. The van der Waals surface area contributed by atoms with Crippen LogP contribution in [0.3, 0.4) is 0 Å². The maximum Gasteiger partial charge on any atom is 0.166 e. The fourth-order valence-corrected chi connectivity index (χ4v) is 1.75. The molecular formula is C11H14ClNO3. The molecule has 88 valence electrons. The van der Waals surface area contributed by atoms with E-state index in [9.17, 15) is 9.90 Å². The second kappa shape index (κ2) is 5.41. The first-order chi connectivity index (χ1) is 7.26. The van der Waals surface area contributed by atoms with Gasteiger partial charge in [-0.2, -0.15) is 0 Å². The molecule has 1 aromatic rings. The minimum absolute atomic E-state index is 0. The molecule has 1 atom stereocenters. The lowest BCUT2D eigenvalue weighted by Crippen LogP contribution is -2.52. The van der Waals surface area contributed by atoms with Crippen LogP contribution < -0.4 is 5.32 Å². The van der Waals surface area contributed by atoms with Crippen molar-refractivity contribution in [2.24, 2.45) is 0 Å². The van der Waals surface area contributed by atoms with Gasteiger partial charge >= 0.3 is 0 Å². The molecule has 0 amide bonds. The lowest BCUT2D eigenvalue weighted by Gasteiger charge is -2.34. The van der Waals surface area contributed by atoms with Gasteiger partial charge in [0.1, 0.15) is 6.29 Å². The molecule has 0 bridgehead atoms. The van der Waals surface area contributed by atoms with E-state index in [1.807, 2.05) is 0 Å². The van der Waals surface area contributed by atoms with Crippen molar-refractivity contribution in [3.05, 3.63) is 35.4 Å². The summed E-state index contributed by atoms with van der Waals surface area (Å²) in [5.41, 5.74) is -0.187. The van der Waals surface area contributed by atoms with Gasteiger partial charge in [-0.1, -0.05) is 24.3 Å². The molecule has 1 aromatic carbocycles. The Morgan fingerprint density at radius 1 is 1.44 bits per heavy atom. The molecule has 0 aromatic heterocycles. The number of ether oxygens (including phenoxy) is 1. The summed E-state index contributed by atoms with van der Waals surface area (Å²) >= 11 is 0. The SMILES string of the molecule is Cl.O=Cc1ccccc1[C@]1(O)COCCN1. The maximum atomic E-state index is 10.8. The molecule has 1 fully saturated rings. The molecule has 0 aliphatic carbocycles. The van der Waals surface area contributed by atoms with Crippen LogP contribution in [0.4, 0.5) is 0 Å². The van der Waals surface area contributed by atoms with Crippen LogP contribution >= 0.6 is 12.4 Å². The molecule has 1 heterocycles. The molecule has 1 saturated heterocycles. The summed E-state index contributed by atoms with van der Waals surface area (Å²) < 4.78 is 5.21. The summed E-state index contributed by atoms with van der Waals surface area (Å²) in [5, 5.41) is 13.2. The minimum atomic E-state index is -1.24. The Morgan fingerprint density at radius 2 is 2.19 bits per heavy atom. The molecule has 4 nitrogen and oxygen atoms in total. The van der Waals surface area contributed by atoms with E-state index in [4.69, 9.17) is 4.74 Å². The van der Waals surface area contributed by atoms with Crippen LogP contribution in [0.5, 0.6) is 0 Å². The van der Waals surface area contributed by atoms with Crippen LogP contribution in [0, 0.1) is 0 Å². The summed E-state index contributed by atoms with van der Waals surface area (Å²) in [5.74, 6) is 0. The monoisotopic (exact) mass is 243 g/mol. The standard InChI is InChI=1S/C11H13NO3.ClH/c13-7-9-3-1-2-4-10(9)11(14)8-15-6-5-12-11;/h1-4,7,12,14H,5-6,8H2;1H/t11-;/m1./s1. The van der Waals surface area contributed by atoms with Gasteiger partial charge in [0.25, 0.3) is 0 Å². The molecule has 5 heteroatoms. The second-order valence-corrected chi connectivity index (χ2v) is 3.54. The van der Waals surface area contributed by atoms with Crippen LogP contribution in [0.2, 0.25) is 0 Å². The summed E-state index contributed by atoms with van der Waals surface area (Å²) in [4.78, 5) is 10.8. The molecule has 0 saturated carbocycles. The Labute approximate surface area is 100 Å². The fraction of sp³-hybridized carbons (Fsp3) is 0.364. The predicted molar refractivity (Wildman–Crippen MR) is 61.8 cm³/mol. The number of carbonyl (C=O) groups excluding carboxylic acids is 1. The van der Waals surface area contributed by atoms with E-state index in [1.54, 1.807) is 24.3 Å². The van der Waals surface area contributed by atoms with E-state index >= 15 is 0 Å². The molecule has 1 aliphatic heterocycles. The Bertz CT molecular complexity index is 364. The predicted octanol–water partition coefficient (Wildman–Crippen LogP) is 0.686. The summed E-state index contributed by atoms with van der Waals surface area (Å²) in [6.07, 6.45) is 0.740. The first kappa shape index (κ1) is 13.1. The summed E-state index contributed by atoms with van der Waals surface area (Å²) in [7, 11) is 0. The minimum Gasteiger partial charge on any atom is -0.375 e. The lowest BCUT2D eigenvalue weighted by molar-refractivity contribution is -0.106. The third-order valence-electron chi connectivity index (χ3n) is 2.51. The van der Waals surface area contributed by atoms with Crippen LogP contribution in [0.1, 0.15) is 15.9 Å². The molecule has 2 N–H and O–H groups in total. The third kappa shape index (κ3) is 2.41. The van der Waals surface area contributed by atoms with Crippen molar-refractivity contribution >= 4 is 18.7 Å². The number of nitrogens with one attached hydrogen (secondary N) is 1. The summed E-state index contributed by atoms with van der Waals surface area (Å²) in [6.45, 7) is 1.31. The first-order valence-electron chi connectivity index (χ1n) is 4.86. The number of hydrogen-bond acceptors (Lipinski definition) is 4. The Hall–Kier alpha value is -0.940. The van der Waals surface area contributed by atoms with Crippen molar-refractivity contribution in [1.82, 2.24) is 5.32 Å². The van der Waals surface area contributed by atoms with E-state index in [1.165, 1.54) is 0 Å². The van der Waals surface area contributed by atoms with Crippen LogP contribution in [-0.2, 0) is 10.5 Å². The lowest BCUT2D eigenvalue weighted by atomic mass is 9.97. The molecule has 1 aliphatic rings. The average molecular weight is 244 g/mol. The Balaban J connectivity index is 0.00000128. The topological polar surface area (TPSA) is 58.6 Å². The normalized spacial score (nSPS) is 24.6. The average Bonchev–Trinajstić information content (AvgIpc) is 2.30. The highest BCUT2D eigenvalue weighted by Crippen LogP contribution is 2.23. The molecule has 0 unspecified atom stereocenters. The molecule has 0 spiro atoms. The zero-order valence-electron chi connectivity index (χ0n) is 8.68. The van der Waals surface area contributed by atoms with E-state index in [0.29, 0.717) is 24.3 Å². The highest BCUT2D eigenvalue weighted by atomic mass is 35.5. The van der Waals surface area contributed by atoms with Crippen molar-refractivity contribution in [2.45, 2.75) is 5.72 Å². The highest BCUT2D eigenvalue weighted by molar-refractivity contribution is 5.85. The van der Waals surface area contributed by atoms with E-state index in [-0.39, 0.29) is 19.0 Å². The number of halogens is 1. The quantitative estimate of drug-likeness (QED) is 0.751. The molecule has 0 radical (unpaired) electrons. The zero-order chi connectivity index (χ0) is 10.7. The van der Waals surface area contributed by atoms with Gasteiger partial charge in [0, 0.05) is 17.7 Å². The largest absolute Gasteiger partial charge is 0.375 e. The molecular weight excluding hydrogens is 230 g/mol. The van der Waals surface area contributed by atoms with Crippen molar-refractivity contribution in [3.63, 3.8) is 0 Å². The van der Waals surface area contributed by atoms with Gasteiger partial charge < -0.3 is 9.84 Å². The van der Waals surface area contributed by atoms with E-state index in [0.717, 1.165) is 6.29 Å². The Kier molecular flexibility index (Phi) is 4.44. The number of aldehydes is 1. The van der Waals surface area contributed by atoms with Crippen LogP contribution in [0.25, 0.3) is 0 Å². The van der Waals surface area contributed by atoms with Crippen LogP contribution in [0.15, 0.2) is 24.3 Å². The number of aliphatic hydroxyl groups is 1. The Morgan fingerprint density at radius 3 is 2.81 bits per heavy atom. The van der Waals surface area contributed by atoms with Crippen LogP contribution in [-0.4, -0.2) is 31.2 Å². The fourth-order valence-electron chi connectivity index (χ4n) is 1.75. The number of rotatable bonds is 2. The van der Waals surface area contributed by atoms with Gasteiger partial charge in [0.15, 0.2) is 5.72 Å². The zero-order valence-corrected chi connectivity index (χ0v) is 9.50. The molecule has 16 heavy (non-hydrogen) atoms. The molecule has 2 rings (SSSR count). The van der Waals surface area contributed by atoms with Crippen molar-refractivity contribution < 1.29 is 14.6 Å². The first-order valence-corrected chi connectivity index (χ1v) is 4.86. The van der Waals surface area contributed by atoms with Crippen molar-refractivity contribution in [2.75, 3.05) is 19.8 Å². The van der Waals surface area contributed by atoms with E-state index in [2.05, 4.69) is 5.32 Å². The van der Waals surface area contributed by atoms with Gasteiger partial charge in [-0.3, -0.25) is 10.1 Å². The second-order valence-electron chi connectivity index (χ2n) is 3.54.